The number of nitrogens with one attached hydrogen (secondary N) is 1. The SMILES string of the molecule is CC(C)CCCCCCCCCCCCCCC(=O)[NH+]([O-])CCCN(C)C. The predicted molar refractivity (Wildman–Crippen MR) is 117 cm³/mol. The van der Waals surface area contributed by atoms with Crippen LogP contribution in [0, 0.1) is 11.1 Å². The summed E-state index contributed by atoms with van der Waals surface area (Å²) in [6.07, 6.45) is 18.2. The maximum Gasteiger partial charge on any atom is 0.312 e. The third-order valence-corrected chi connectivity index (χ3v) is 5.26. The van der Waals surface area contributed by atoms with Crippen molar-refractivity contribution >= 4 is 5.91 Å². The zero-order valence-corrected chi connectivity index (χ0v) is 18.9. The first kappa shape index (κ1) is 26.6. The summed E-state index contributed by atoms with van der Waals surface area (Å²) in [6.45, 7) is 5.90. The van der Waals surface area contributed by atoms with Gasteiger partial charge < -0.3 is 15.2 Å². The van der Waals surface area contributed by atoms with Crippen LogP contribution < -0.4 is 5.06 Å². The van der Waals surface area contributed by atoms with Crippen molar-refractivity contribution in [2.45, 2.75) is 110 Å². The van der Waals surface area contributed by atoms with E-state index in [0.29, 0.717) is 13.0 Å². The Hall–Kier alpha value is -0.450. The zero-order chi connectivity index (χ0) is 20.3. The summed E-state index contributed by atoms with van der Waals surface area (Å²) >= 11 is 0. The number of hydrogen-bond acceptors (Lipinski definition) is 3. The van der Waals surface area contributed by atoms with Crippen molar-refractivity contribution in [3.63, 3.8) is 0 Å². The number of hydrogen-bond donors (Lipinski definition) is 1. The zero-order valence-electron chi connectivity index (χ0n) is 18.9. The summed E-state index contributed by atoms with van der Waals surface area (Å²) in [4.78, 5) is 13.8. The summed E-state index contributed by atoms with van der Waals surface area (Å²) in [5, 5.41) is 11.6. The molecule has 0 aromatic rings. The average molecular weight is 385 g/mol. The molecule has 0 saturated heterocycles. The molecule has 0 aromatic heterocycles. The van der Waals surface area contributed by atoms with Crippen molar-refractivity contribution in [1.29, 1.82) is 0 Å². The van der Waals surface area contributed by atoms with E-state index in [0.717, 1.165) is 31.7 Å². The van der Waals surface area contributed by atoms with E-state index in [2.05, 4.69) is 13.8 Å². The molecule has 0 bridgehead atoms. The van der Waals surface area contributed by atoms with Crippen molar-refractivity contribution in [2.75, 3.05) is 27.2 Å². The van der Waals surface area contributed by atoms with Crippen LogP contribution in [0.5, 0.6) is 0 Å². The van der Waals surface area contributed by atoms with Gasteiger partial charge in [-0.3, -0.25) is 0 Å². The van der Waals surface area contributed by atoms with Crippen LogP contribution in [0.2, 0.25) is 0 Å². The molecule has 0 aliphatic rings. The minimum atomic E-state index is -0.166. The van der Waals surface area contributed by atoms with Crippen LogP contribution in [0.4, 0.5) is 0 Å². The van der Waals surface area contributed by atoms with Crippen LogP contribution in [0.3, 0.4) is 0 Å². The number of carbonyl (C=O) groups excluding carboxylic acids is 1. The number of hydroxylamine groups is 2. The van der Waals surface area contributed by atoms with Crippen molar-refractivity contribution in [1.82, 2.24) is 4.90 Å². The van der Waals surface area contributed by atoms with E-state index in [1.807, 2.05) is 19.0 Å². The van der Waals surface area contributed by atoms with Crippen molar-refractivity contribution < 1.29 is 9.86 Å². The van der Waals surface area contributed by atoms with Crippen molar-refractivity contribution in [3.05, 3.63) is 5.21 Å². The quantitative estimate of drug-likeness (QED) is 0.253. The Kier molecular flexibility index (Phi) is 18.6. The first-order valence-electron chi connectivity index (χ1n) is 11.6. The molecule has 0 aromatic carbocycles. The van der Waals surface area contributed by atoms with E-state index >= 15 is 0 Å². The normalized spacial score (nSPS) is 12.9. The van der Waals surface area contributed by atoms with Gasteiger partial charge in [0.25, 0.3) is 0 Å². The van der Waals surface area contributed by atoms with Gasteiger partial charge in [0.1, 0.15) is 0 Å². The number of rotatable bonds is 19. The lowest BCUT2D eigenvalue weighted by Gasteiger charge is -2.20. The lowest BCUT2D eigenvalue weighted by molar-refractivity contribution is -0.765. The molecule has 0 radical (unpaired) electrons. The fourth-order valence-corrected chi connectivity index (χ4v) is 3.44. The molecule has 0 fully saturated rings. The fourth-order valence-electron chi connectivity index (χ4n) is 3.44. The van der Waals surface area contributed by atoms with E-state index in [1.165, 1.54) is 70.6 Å². The Balaban J connectivity index is 3.27. The summed E-state index contributed by atoms with van der Waals surface area (Å²) in [5.74, 6) is 0.707. The number of nitrogens with zero attached hydrogens (tertiary/aromatic N) is 1. The number of amides is 1. The van der Waals surface area contributed by atoms with Crippen LogP contribution >= 0.6 is 0 Å². The molecule has 1 N–H and O–H groups in total. The number of quaternary nitrogens is 1. The Morgan fingerprint density at radius 1 is 0.778 bits per heavy atom. The smallest absolute Gasteiger partial charge is 0.312 e. The Morgan fingerprint density at radius 3 is 1.67 bits per heavy atom. The van der Waals surface area contributed by atoms with Gasteiger partial charge in [-0.1, -0.05) is 90.9 Å². The predicted octanol–water partition coefficient (Wildman–Crippen LogP) is 4.96. The highest BCUT2D eigenvalue weighted by atomic mass is 16.5. The van der Waals surface area contributed by atoms with Gasteiger partial charge in [-0.2, -0.15) is 0 Å². The second-order valence-corrected chi connectivity index (χ2v) is 8.93. The minimum Gasteiger partial charge on any atom is -0.627 e. The van der Waals surface area contributed by atoms with Gasteiger partial charge in [-0.15, -0.1) is 0 Å². The maximum absolute atomic E-state index is 11.8. The Bertz CT molecular complexity index is 332. The molecule has 1 atom stereocenters. The van der Waals surface area contributed by atoms with Crippen LogP contribution in [-0.2, 0) is 4.79 Å². The highest BCUT2D eigenvalue weighted by molar-refractivity contribution is 5.66. The third-order valence-electron chi connectivity index (χ3n) is 5.26. The van der Waals surface area contributed by atoms with Crippen LogP contribution in [0.1, 0.15) is 110 Å². The van der Waals surface area contributed by atoms with Gasteiger partial charge >= 0.3 is 5.91 Å². The molecule has 27 heavy (non-hydrogen) atoms. The fraction of sp³-hybridized carbons (Fsp3) is 0.957. The molecule has 0 saturated carbocycles. The van der Waals surface area contributed by atoms with Crippen LogP contribution in [-0.4, -0.2) is 38.0 Å². The van der Waals surface area contributed by atoms with Crippen LogP contribution in [0.15, 0.2) is 0 Å². The van der Waals surface area contributed by atoms with Crippen molar-refractivity contribution in [3.8, 4) is 0 Å². The average Bonchev–Trinajstić information content (AvgIpc) is 2.61. The van der Waals surface area contributed by atoms with E-state index in [9.17, 15) is 10.0 Å². The second-order valence-electron chi connectivity index (χ2n) is 8.93. The van der Waals surface area contributed by atoms with E-state index in [1.54, 1.807) is 0 Å². The highest BCUT2D eigenvalue weighted by Crippen LogP contribution is 2.14. The minimum absolute atomic E-state index is 0.151. The van der Waals surface area contributed by atoms with E-state index < -0.39 is 0 Å². The Labute approximate surface area is 169 Å². The lowest BCUT2D eigenvalue weighted by atomic mass is 10.0. The highest BCUT2D eigenvalue weighted by Gasteiger charge is 2.10. The maximum atomic E-state index is 11.8. The van der Waals surface area contributed by atoms with Gasteiger partial charge in [-0.05, 0) is 26.4 Å². The van der Waals surface area contributed by atoms with Gasteiger partial charge in [-0.25, -0.2) is 4.79 Å². The molecule has 0 spiro atoms. The van der Waals surface area contributed by atoms with Gasteiger partial charge in [0.2, 0.25) is 0 Å². The van der Waals surface area contributed by atoms with Gasteiger partial charge in [0.05, 0.1) is 13.0 Å². The molecular formula is C23H48N2O2. The third kappa shape index (κ3) is 20.1. The van der Waals surface area contributed by atoms with Gasteiger partial charge in [0, 0.05) is 13.0 Å². The Morgan fingerprint density at radius 2 is 1.22 bits per heavy atom. The molecular weight excluding hydrogens is 336 g/mol. The molecule has 0 aliphatic carbocycles. The topological polar surface area (TPSA) is 47.8 Å². The summed E-state index contributed by atoms with van der Waals surface area (Å²) in [6, 6.07) is 0. The van der Waals surface area contributed by atoms with E-state index in [-0.39, 0.29) is 11.0 Å². The second kappa shape index (κ2) is 18.9. The van der Waals surface area contributed by atoms with E-state index in [4.69, 9.17) is 0 Å². The molecule has 0 aliphatic heterocycles. The number of unbranched alkanes of at least 4 members (excludes halogenated alkanes) is 11. The molecule has 4 heteroatoms. The largest absolute Gasteiger partial charge is 0.627 e. The first-order chi connectivity index (χ1) is 12.9. The lowest BCUT2D eigenvalue weighted by Crippen LogP contribution is -3.10. The first-order valence-corrected chi connectivity index (χ1v) is 11.6. The van der Waals surface area contributed by atoms with Crippen LogP contribution in [0.25, 0.3) is 0 Å². The molecule has 1 unspecified atom stereocenters. The standard InChI is InChI=1S/C23H48N2O2/c1-22(2)18-15-13-11-9-7-5-6-8-10-12-14-16-19-23(26)25(27)21-17-20-24(3)4/h22,25H,5-21H2,1-4H3. The molecule has 162 valence electrons. The summed E-state index contributed by atoms with van der Waals surface area (Å²) in [5.41, 5.74) is 0. The molecule has 1 amide bonds. The van der Waals surface area contributed by atoms with Crippen molar-refractivity contribution in [2.24, 2.45) is 5.92 Å². The monoisotopic (exact) mass is 384 g/mol. The summed E-state index contributed by atoms with van der Waals surface area (Å²) in [7, 11) is 3.97. The summed E-state index contributed by atoms with van der Waals surface area (Å²) < 4.78 is 0. The van der Waals surface area contributed by atoms with Gasteiger partial charge in [0.15, 0.2) is 0 Å². The molecule has 0 rings (SSSR count). The number of carbonyl (C=O) groups is 1. The molecule has 4 nitrogen and oxygen atoms in total. The molecule has 0 heterocycles.